The fourth-order valence-corrected chi connectivity index (χ4v) is 3.27. The van der Waals surface area contributed by atoms with E-state index in [1.54, 1.807) is 17.5 Å². The third-order valence-electron chi connectivity index (χ3n) is 3.32. The van der Waals surface area contributed by atoms with Gasteiger partial charge in [-0.15, -0.1) is 11.3 Å². The maximum absolute atomic E-state index is 4.48. The van der Waals surface area contributed by atoms with Gasteiger partial charge in [-0.25, -0.2) is 15.0 Å². The Morgan fingerprint density at radius 2 is 2.14 bits per heavy atom. The largest absolute Gasteiger partial charge is 0.302 e. The summed E-state index contributed by atoms with van der Waals surface area (Å²) in [5, 5.41) is 4.63. The molecule has 0 amide bonds. The molecule has 0 aliphatic rings. The number of halogens is 1. The maximum Gasteiger partial charge on any atom is 0.155 e. The van der Waals surface area contributed by atoms with Crippen LogP contribution in [-0.2, 0) is 13.0 Å². The van der Waals surface area contributed by atoms with Gasteiger partial charge in [0, 0.05) is 23.8 Å². The second kappa shape index (κ2) is 6.21. The van der Waals surface area contributed by atoms with E-state index in [0.29, 0.717) is 0 Å². The van der Waals surface area contributed by atoms with E-state index < -0.39 is 0 Å². The summed E-state index contributed by atoms with van der Waals surface area (Å²) in [5.41, 5.74) is 1.96. The highest BCUT2D eigenvalue weighted by Gasteiger charge is 2.11. The summed E-state index contributed by atoms with van der Waals surface area (Å²) in [5.74, 6) is 0. The van der Waals surface area contributed by atoms with Crippen LogP contribution >= 0.6 is 27.3 Å². The van der Waals surface area contributed by atoms with Crippen LogP contribution in [0.2, 0.25) is 0 Å². The number of fused-ring (bicyclic) bond motifs is 1. The molecule has 3 rings (SSSR count). The smallest absolute Gasteiger partial charge is 0.155 e. The molecule has 3 aromatic rings. The standard InChI is InChI=1S/C14H16BrN5S/c1-3-11-6-19-14(21-11)9(2)16-4-10-5-18-13-7-17-12(15)8-20(10)13/h5-9,16H,3-4H2,1-2H3. The molecule has 5 nitrogen and oxygen atoms in total. The molecule has 0 aliphatic heterocycles. The van der Waals surface area contributed by atoms with Gasteiger partial charge in [0.15, 0.2) is 5.65 Å². The molecule has 0 aliphatic carbocycles. The number of rotatable bonds is 5. The van der Waals surface area contributed by atoms with Crippen molar-refractivity contribution in [1.29, 1.82) is 0 Å². The molecule has 0 bridgehead atoms. The van der Waals surface area contributed by atoms with Crippen LogP contribution in [0.3, 0.4) is 0 Å². The lowest BCUT2D eigenvalue weighted by molar-refractivity contribution is 0.563. The van der Waals surface area contributed by atoms with E-state index in [1.165, 1.54) is 4.88 Å². The van der Waals surface area contributed by atoms with Gasteiger partial charge in [-0.05, 0) is 29.3 Å². The first-order valence-corrected chi connectivity index (χ1v) is 8.43. The van der Waals surface area contributed by atoms with E-state index >= 15 is 0 Å². The Morgan fingerprint density at radius 1 is 1.29 bits per heavy atom. The predicted molar refractivity (Wildman–Crippen MR) is 87.4 cm³/mol. The summed E-state index contributed by atoms with van der Waals surface area (Å²) < 4.78 is 2.84. The maximum atomic E-state index is 4.48. The van der Waals surface area contributed by atoms with Crippen LogP contribution in [0.25, 0.3) is 5.65 Å². The normalized spacial score (nSPS) is 12.9. The topological polar surface area (TPSA) is 55.1 Å². The summed E-state index contributed by atoms with van der Waals surface area (Å²) in [7, 11) is 0. The van der Waals surface area contributed by atoms with Crippen molar-refractivity contribution in [2.75, 3.05) is 0 Å². The minimum Gasteiger partial charge on any atom is -0.302 e. The van der Waals surface area contributed by atoms with E-state index in [-0.39, 0.29) is 6.04 Å². The Hall–Kier alpha value is -1.31. The molecule has 21 heavy (non-hydrogen) atoms. The van der Waals surface area contributed by atoms with Crippen molar-refractivity contribution in [3.05, 3.63) is 45.0 Å². The third-order valence-corrected chi connectivity index (χ3v) is 5.05. The molecule has 110 valence electrons. The van der Waals surface area contributed by atoms with Crippen LogP contribution in [0.4, 0.5) is 0 Å². The number of nitrogens with one attached hydrogen (secondary N) is 1. The Bertz CT molecular complexity index is 751. The van der Waals surface area contributed by atoms with Crippen molar-refractivity contribution >= 4 is 32.9 Å². The highest BCUT2D eigenvalue weighted by molar-refractivity contribution is 9.10. The van der Waals surface area contributed by atoms with Crippen molar-refractivity contribution in [2.24, 2.45) is 0 Å². The zero-order chi connectivity index (χ0) is 14.8. The first-order chi connectivity index (χ1) is 10.2. The van der Waals surface area contributed by atoms with Crippen LogP contribution in [0.5, 0.6) is 0 Å². The molecule has 7 heteroatoms. The Labute approximate surface area is 135 Å². The van der Waals surface area contributed by atoms with Gasteiger partial charge in [-0.3, -0.25) is 4.40 Å². The number of aryl methyl sites for hydroxylation is 1. The number of hydrogen-bond donors (Lipinski definition) is 1. The van der Waals surface area contributed by atoms with Crippen molar-refractivity contribution in [3.63, 3.8) is 0 Å². The molecule has 0 spiro atoms. The SMILES string of the molecule is CCc1cnc(C(C)NCc2cnc3cnc(Br)cn23)s1. The number of nitrogens with zero attached hydrogens (tertiary/aromatic N) is 4. The van der Waals surface area contributed by atoms with E-state index in [4.69, 9.17) is 0 Å². The molecule has 0 radical (unpaired) electrons. The third kappa shape index (κ3) is 3.14. The Morgan fingerprint density at radius 3 is 2.90 bits per heavy atom. The average Bonchev–Trinajstić information content (AvgIpc) is 3.11. The molecule has 0 fully saturated rings. The number of imidazole rings is 1. The molecular formula is C14H16BrN5S. The lowest BCUT2D eigenvalue weighted by Crippen LogP contribution is -2.18. The molecular weight excluding hydrogens is 350 g/mol. The van der Waals surface area contributed by atoms with Crippen molar-refractivity contribution in [1.82, 2.24) is 24.7 Å². The van der Waals surface area contributed by atoms with Gasteiger partial charge >= 0.3 is 0 Å². The average molecular weight is 366 g/mol. The van der Waals surface area contributed by atoms with Gasteiger partial charge in [0.05, 0.1) is 24.1 Å². The first kappa shape index (κ1) is 14.6. The van der Waals surface area contributed by atoms with Gasteiger partial charge in [0.2, 0.25) is 0 Å². The lowest BCUT2D eigenvalue weighted by atomic mass is 10.3. The molecule has 1 unspecified atom stereocenters. The quantitative estimate of drug-likeness (QED) is 0.752. The summed E-state index contributed by atoms with van der Waals surface area (Å²) in [4.78, 5) is 14.3. The molecule has 1 atom stereocenters. The fraction of sp³-hybridized carbons (Fsp3) is 0.357. The molecule has 3 aromatic heterocycles. The van der Waals surface area contributed by atoms with Gasteiger partial charge in [-0.2, -0.15) is 0 Å². The summed E-state index contributed by atoms with van der Waals surface area (Å²) in [6.45, 7) is 5.03. The molecule has 0 saturated carbocycles. The highest BCUT2D eigenvalue weighted by atomic mass is 79.9. The minimum absolute atomic E-state index is 0.228. The lowest BCUT2D eigenvalue weighted by Gasteiger charge is -2.10. The number of hydrogen-bond acceptors (Lipinski definition) is 5. The second-order valence-corrected chi connectivity index (χ2v) is 6.77. The summed E-state index contributed by atoms with van der Waals surface area (Å²) in [6, 6.07) is 0.228. The van der Waals surface area contributed by atoms with E-state index in [1.807, 2.05) is 23.0 Å². The van der Waals surface area contributed by atoms with Crippen LogP contribution < -0.4 is 5.32 Å². The predicted octanol–water partition coefficient (Wildman–Crippen LogP) is 3.36. The van der Waals surface area contributed by atoms with Crippen LogP contribution in [0, 0.1) is 0 Å². The highest BCUT2D eigenvalue weighted by Crippen LogP contribution is 2.20. The summed E-state index contributed by atoms with van der Waals surface area (Å²) >= 11 is 5.16. The van der Waals surface area contributed by atoms with E-state index in [0.717, 1.165) is 33.9 Å². The number of thiazole rings is 1. The molecule has 0 aromatic carbocycles. The minimum atomic E-state index is 0.228. The zero-order valence-corrected chi connectivity index (χ0v) is 14.3. The van der Waals surface area contributed by atoms with Crippen LogP contribution in [0.15, 0.2) is 29.4 Å². The number of aromatic nitrogens is 4. The van der Waals surface area contributed by atoms with Gasteiger partial charge in [0.25, 0.3) is 0 Å². The Balaban J connectivity index is 1.72. The van der Waals surface area contributed by atoms with Crippen LogP contribution in [0.1, 0.15) is 35.5 Å². The second-order valence-electron chi connectivity index (χ2n) is 4.81. The van der Waals surface area contributed by atoms with E-state index in [2.05, 4.69) is 50.0 Å². The van der Waals surface area contributed by atoms with Crippen molar-refractivity contribution in [2.45, 2.75) is 32.9 Å². The molecule has 1 N–H and O–H groups in total. The van der Waals surface area contributed by atoms with Gasteiger partial charge in [-0.1, -0.05) is 6.92 Å². The first-order valence-electron chi connectivity index (χ1n) is 6.83. The van der Waals surface area contributed by atoms with E-state index in [9.17, 15) is 0 Å². The molecule has 0 saturated heterocycles. The van der Waals surface area contributed by atoms with Crippen molar-refractivity contribution < 1.29 is 0 Å². The summed E-state index contributed by atoms with van der Waals surface area (Å²) in [6.07, 6.45) is 8.57. The van der Waals surface area contributed by atoms with Crippen LogP contribution in [-0.4, -0.2) is 19.4 Å². The van der Waals surface area contributed by atoms with Crippen molar-refractivity contribution in [3.8, 4) is 0 Å². The molecule has 3 heterocycles. The Kier molecular flexibility index (Phi) is 4.32. The van der Waals surface area contributed by atoms with Gasteiger partial charge in [0.1, 0.15) is 9.61 Å². The van der Waals surface area contributed by atoms with Gasteiger partial charge < -0.3 is 5.32 Å². The zero-order valence-electron chi connectivity index (χ0n) is 11.9. The monoisotopic (exact) mass is 365 g/mol. The fourth-order valence-electron chi connectivity index (χ4n) is 2.08.